The Labute approximate surface area is 99.5 Å². The van der Waals surface area contributed by atoms with E-state index in [1.54, 1.807) is 0 Å². The van der Waals surface area contributed by atoms with Crippen LogP contribution in [0.1, 0.15) is 18.1 Å². The summed E-state index contributed by atoms with van der Waals surface area (Å²) in [6, 6.07) is 4.00. The van der Waals surface area contributed by atoms with E-state index in [9.17, 15) is 0 Å². The van der Waals surface area contributed by atoms with E-state index in [1.807, 2.05) is 13.0 Å². The molecule has 0 N–H and O–H groups in total. The average molecular weight is 238 g/mol. The second kappa shape index (κ2) is 4.63. The zero-order chi connectivity index (χ0) is 11.5. The van der Waals surface area contributed by atoms with Crippen molar-refractivity contribution in [3.63, 3.8) is 0 Å². The van der Waals surface area contributed by atoms with E-state index >= 15 is 0 Å². The highest BCUT2D eigenvalue weighted by molar-refractivity contribution is 6.33. The van der Waals surface area contributed by atoms with Gasteiger partial charge < -0.3 is 9.47 Å². The molecule has 16 heavy (non-hydrogen) atoms. The van der Waals surface area contributed by atoms with Crippen molar-refractivity contribution < 1.29 is 9.47 Å². The van der Waals surface area contributed by atoms with Gasteiger partial charge in [-0.15, -0.1) is 0 Å². The number of hydrogen-bond donors (Lipinski definition) is 0. The second-order valence-electron chi connectivity index (χ2n) is 3.54. The Morgan fingerprint density at radius 3 is 2.88 bits per heavy atom. The summed E-state index contributed by atoms with van der Waals surface area (Å²) in [5.74, 6) is 1.27. The Morgan fingerprint density at radius 2 is 2.19 bits per heavy atom. The normalized spacial score (nSPS) is 13.3. The van der Waals surface area contributed by atoms with Gasteiger partial charge in [-0.3, -0.25) is 0 Å². The van der Waals surface area contributed by atoms with Crippen molar-refractivity contribution in [2.24, 2.45) is 0 Å². The van der Waals surface area contributed by atoms with Gasteiger partial charge in [0.05, 0.1) is 17.5 Å². The summed E-state index contributed by atoms with van der Waals surface area (Å²) in [4.78, 5) is 0. The Morgan fingerprint density at radius 1 is 1.44 bits per heavy atom. The van der Waals surface area contributed by atoms with Crippen LogP contribution in [0.4, 0.5) is 0 Å². The molecule has 4 heteroatoms. The molecule has 0 aromatic heterocycles. The molecule has 1 aromatic carbocycles. The van der Waals surface area contributed by atoms with Crippen molar-refractivity contribution in [2.45, 2.75) is 19.8 Å². The Hall–Kier alpha value is -1.40. The molecule has 2 rings (SSSR count). The van der Waals surface area contributed by atoms with Crippen molar-refractivity contribution in [2.75, 3.05) is 13.2 Å². The van der Waals surface area contributed by atoms with Crippen molar-refractivity contribution in [1.82, 2.24) is 0 Å². The summed E-state index contributed by atoms with van der Waals surface area (Å²) >= 11 is 6.25. The molecule has 0 spiro atoms. The molecule has 0 fully saturated rings. The smallest absolute Gasteiger partial charge is 0.180 e. The van der Waals surface area contributed by atoms with E-state index in [1.165, 1.54) is 0 Å². The van der Waals surface area contributed by atoms with Gasteiger partial charge in [-0.2, -0.15) is 5.26 Å². The van der Waals surface area contributed by atoms with Gasteiger partial charge in [0.2, 0.25) is 0 Å². The highest BCUT2D eigenvalue weighted by atomic mass is 35.5. The zero-order valence-electron chi connectivity index (χ0n) is 9.05. The van der Waals surface area contributed by atoms with Crippen molar-refractivity contribution >= 4 is 11.6 Å². The molecule has 1 heterocycles. The van der Waals surface area contributed by atoms with E-state index in [-0.39, 0.29) is 0 Å². The number of ether oxygens (including phenoxy) is 2. The highest BCUT2D eigenvalue weighted by Crippen LogP contribution is 2.41. The quantitative estimate of drug-likeness (QED) is 0.794. The fraction of sp³-hybridized carbons (Fsp3) is 0.417. The summed E-state index contributed by atoms with van der Waals surface area (Å²) < 4.78 is 11.0. The van der Waals surface area contributed by atoms with Crippen LogP contribution in [0.15, 0.2) is 6.07 Å². The van der Waals surface area contributed by atoms with Gasteiger partial charge in [-0.1, -0.05) is 18.5 Å². The number of benzene rings is 1. The lowest BCUT2D eigenvalue weighted by atomic mass is 10.0. The van der Waals surface area contributed by atoms with Gasteiger partial charge in [0.25, 0.3) is 0 Å². The van der Waals surface area contributed by atoms with Crippen molar-refractivity contribution in [1.29, 1.82) is 5.26 Å². The topological polar surface area (TPSA) is 42.2 Å². The second-order valence-corrected chi connectivity index (χ2v) is 3.92. The third-order valence-electron chi connectivity index (χ3n) is 2.59. The molecule has 1 aromatic rings. The number of halogens is 1. The van der Waals surface area contributed by atoms with Gasteiger partial charge in [-0.25, -0.2) is 0 Å². The Balaban J connectivity index is 2.55. The van der Waals surface area contributed by atoms with Gasteiger partial charge in [0.15, 0.2) is 11.5 Å². The molecule has 0 atom stereocenters. The van der Waals surface area contributed by atoms with Gasteiger partial charge in [0, 0.05) is 0 Å². The van der Waals surface area contributed by atoms with Crippen molar-refractivity contribution in [3.05, 3.63) is 22.2 Å². The van der Waals surface area contributed by atoms with Crippen LogP contribution in [0.5, 0.6) is 11.5 Å². The fourth-order valence-electron chi connectivity index (χ4n) is 1.86. The first-order valence-corrected chi connectivity index (χ1v) is 5.62. The first-order valence-electron chi connectivity index (χ1n) is 5.24. The maximum absolute atomic E-state index is 8.77. The molecule has 3 nitrogen and oxygen atoms in total. The van der Waals surface area contributed by atoms with E-state index in [2.05, 4.69) is 6.07 Å². The molecule has 0 unspecified atom stereocenters. The van der Waals surface area contributed by atoms with Crippen LogP contribution in [0.25, 0.3) is 0 Å². The molecule has 0 aliphatic carbocycles. The van der Waals surface area contributed by atoms with E-state index in [4.69, 9.17) is 26.3 Å². The largest absolute Gasteiger partial charge is 0.486 e. The molecule has 0 bridgehead atoms. The Bertz CT molecular complexity index is 451. The summed E-state index contributed by atoms with van der Waals surface area (Å²) in [5.41, 5.74) is 1.91. The zero-order valence-corrected chi connectivity index (χ0v) is 9.80. The van der Waals surface area contributed by atoms with Crippen LogP contribution < -0.4 is 9.47 Å². The lowest BCUT2D eigenvalue weighted by Crippen LogP contribution is -2.16. The summed E-state index contributed by atoms with van der Waals surface area (Å²) in [6.07, 6.45) is 1.13. The maximum Gasteiger partial charge on any atom is 0.180 e. The highest BCUT2D eigenvalue weighted by Gasteiger charge is 2.20. The lowest BCUT2D eigenvalue weighted by molar-refractivity contribution is 0.171. The number of rotatable bonds is 2. The van der Waals surface area contributed by atoms with Crippen LogP contribution in [0, 0.1) is 11.3 Å². The molecule has 0 saturated heterocycles. The summed E-state index contributed by atoms with van der Waals surface area (Å²) in [6.45, 7) is 3.06. The molecule has 0 amide bonds. The standard InChI is InChI=1S/C12H12ClNO2/c1-2-9-8(3-4-14)7-10-12(11(9)13)16-6-5-15-10/h7H,2-3,5-6H2,1H3. The van der Waals surface area contributed by atoms with Gasteiger partial charge >= 0.3 is 0 Å². The summed E-state index contributed by atoms with van der Waals surface area (Å²) in [5, 5.41) is 9.36. The minimum absolute atomic E-state index is 0.347. The van der Waals surface area contributed by atoms with Gasteiger partial charge in [0.1, 0.15) is 13.2 Å². The maximum atomic E-state index is 8.77. The van der Waals surface area contributed by atoms with Crippen LogP contribution in [-0.2, 0) is 12.8 Å². The number of fused-ring (bicyclic) bond motifs is 1. The third-order valence-corrected chi connectivity index (χ3v) is 2.99. The molecule has 84 valence electrons. The molecule has 1 aliphatic heterocycles. The minimum Gasteiger partial charge on any atom is -0.486 e. The van der Waals surface area contributed by atoms with E-state index in [0.717, 1.165) is 17.5 Å². The Kier molecular flexibility index (Phi) is 3.21. The molecular weight excluding hydrogens is 226 g/mol. The first kappa shape index (κ1) is 11.1. The van der Waals surface area contributed by atoms with Crippen LogP contribution >= 0.6 is 11.6 Å². The SMILES string of the molecule is CCc1c(CC#N)cc2c(c1Cl)OCCO2. The molecule has 0 saturated carbocycles. The third kappa shape index (κ3) is 1.81. The predicted octanol–water partition coefficient (Wildman–Crippen LogP) is 2.74. The lowest BCUT2D eigenvalue weighted by Gasteiger charge is -2.22. The molecule has 0 radical (unpaired) electrons. The van der Waals surface area contributed by atoms with Gasteiger partial charge in [-0.05, 0) is 23.6 Å². The first-order chi connectivity index (χ1) is 7.77. The van der Waals surface area contributed by atoms with Crippen LogP contribution in [0.2, 0.25) is 5.02 Å². The average Bonchev–Trinajstić information content (AvgIpc) is 2.30. The van der Waals surface area contributed by atoms with Crippen LogP contribution in [-0.4, -0.2) is 13.2 Å². The molecule has 1 aliphatic rings. The monoisotopic (exact) mass is 237 g/mol. The molecular formula is C12H12ClNO2. The number of nitriles is 1. The van der Waals surface area contributed by atoms with Crippen LogP contribution in [0.3, 0.4) is 0 Å². The van der Waals surface area contributed by atoms with Crippen molar-refractivity contribution in [3.8, 4) is 17.6 Å². The minimum atomic E-state index is 0.347. The summed E-state index contributed by atoms with van der Waals surface area (Å²) in [7, 11) is 0. The van der Waals surface area contributed by atoms with E-state index in [0.29, 0.717) is 36.2 Å². The van der Waals surface area contributed by atoms with E-state index < -0.39 is 0 Å². The predicted molar refractivity (Wildman–Crippen MR) is 61.1 cm³/mol. The number of hydrogen-bond acceptors (Lipinski definition) is 3. The number of nitrogens with zero attached hydrogens (tertiary/aromatic N) is 1. The fourth-order valence-corrected chi connectivity index (χ4v) is 2.26.